The van der Waals surface area contributed by atoms with Crippen LogP contribution in [0.15, 0.2) is 45.8 Å². The van der Waals surface area contributed by atoms with Crippen LogP contribution in [0.2, 0.25) is 0 Å². The Labute approximate surface area is 147 Å². The van der Waals surface area contributed by atoms with Crippen molar-refractivity contribution in [3.8, 4) is 28.5 Å². The SMILES string of the molecule is Cc1onc(-c2ccc(C#N)cc2)c1-c1cc(F)c(S(N)(=O)=O)cc1F. The van der Waals surface area contributed by atoms with E-state index in [9.17, 15) is 17.2 Å². The van der Waals surface area contributed by atoms with Crippen LogP contribution >= 0.6 is 0 Å². The van der Waals surface area contributed by atoms with Crippen molar-refractivity contribution in [3.05, 3.63) is 59.4 Å². The van der Waals surface area contributed by atoms with Gasteiger partial charge in [-0.05, 0) is 31.2 Å². The Morgan fingerprint density at radius 2 is 1.81 bits per heavy atom. The summed E-state index contributed by atoms with van der Waals surface area (Å²) < 4.78 is 56.5. The molecule has 3 rings (SSSR count). The molecule has 0 unspecified atom stereocenters. The normalized spacial score (nSPS) is 11.3. The maximum absolute atomic E-state index is 14.5. The van der Waals surface area contributed by atoms with Crippen molar-refractivity contribution in [2.75, 3.05) is 0 Å². The van der Waals surface area contributed by atoms with Crippen LogP contribution in [0, 0.1) is 29.9 Å². The summed E-state index contributed by atoms with van der Waals surface area (Å²) in [6.45, 7) is 1.51. The van der Waals surface area contributed by atoms with Crippen LogP contribution in [0.5, 0.6) is 0 Å². The van der Waals surface area contributed by atoms with E-state index in [1.165, 1.54) is 6.92 Å². The average Bonchev–Trinajstić information content (AvgIpc) is 2.97. The van der Waals surface area contributed by atoms with Crippen LogP contribution < -0.4 is 5.14 Å². The van der Waals surface area contributed by atoms with Crippen LogP contribution in [0.1, 0.15) is 11.3 Å². The minimum Gasteiger partial charge on any atom is -0.360 e. The molecule has 132 valence electrons. The van der Waals surface area contributed by atoms with Gasteiger partial charge in [-0.25, -0.2) is 22.3 Å². The number of benzene rings is 2. The zero-order valence-electron chi connectivity index (χ0n) is 13.3. The Balaban J connectivity index is 2.21. The summed E-state index contributed by atoms with van der Waals surface area (Å²) in [6, 6.07) is 9.50. The standard InChI is InChI=1S/C17H11F2N3O3S/c1-9-16(12-6-14(19)15(7-13(12)18)26(21,23)24)17(22-25-9)11-4-2-10(8-20)3-5-11/h2-7H,1H3,(H2,21,23,24). The largest absolute Gasteiger partial charge is 0.360 e. The van der Waals surface area contributed by atoms with Crippen LogP contribution in [0.3, 0.4) is 0 Å². The van der Waals surface area contributed by atoms with Gasteiger partial charge in [0.2, 0.25) is 10.0 Å². The number of rotatable bonds is 3. The molecule has 0 bridgehead atoms. The number of sulfonamides is 1. The lowest BCUT2D eigenvalue weighted by atomic mass is 9.98. The van der Waals surface area contributed by atoms with E-state index >= 15 is 0 Å². The third-order valence-corrected chi connectivity index (χ3v) is 4.67. The number of aryl methyl sites for hydroxylation is 1. The number of aromatic nitrogens is 1. The van der Waals surface area contributed by atoms with Crippen molar-refractivity contribution in [2.24, 2.45) is 5.14 Å². The molecule has 0 aliphatic rings. The van der Waals surface area contributed by atoms with E-state index in [0.29, 0.717) is 17.2 Å². The van der Waals surface area contributed by atoms with E-state index in [4.69, 9.17) is 14.9 Å². The second-order valence-electron chi connectivity index (χ2n) is 5.46. The lowest BCUT2D eigenvalue weighted by Crippen LogP contribution is -2.14. The fourth-order valence-electron chi connectivity index (χ4n) is 2.53. The molecule has 0 aliphatic carbocycles. The third-order valence-electron chi connectivity index (χ3n) is 3.75. The van der Waals surface area contributed by atoms with Gasteiger partial charge in [-0.15, -0.1) is 0 Å². The van der Waals surface area contributed by atoms with E-state index in [-0.39, 0.29) is 22.6 Å². The lowest BCUT2D eigenvalue weighted by Gasteiger charge is -2.08. The highest BCUT2D eigenvalue weighted by Crippen LogP contribution is 2.37. The predicted octanol–water partition coefficient (Wildman–Crippen LogP) is 3.11. The number of halogens is 2. The molecule has 0 aliphatic heterocycles. The van der Waals surface area contributed by atoms with Gasteiger partial charge in [0.15, 0.2) is 0 Å². The number of hydrogen-bond acceptors (Lipinski definition) is 5. The van der Waals surface area contributed by atoms with Crippen molar-refractivity contribution in [1.82, 2.24) is 5.16 Å². The fourth-order valence-corrected chi connectivity index (χ4v) is 3.13. The van der Waals surface area contributed by atoms with Gasteiger partial charge in [0, 0.05) is 11.1 Å². The highest BCUT2D eigenvalue weighted by Gasteiger charge is 2.24. The quantitative estimate of drug-likeness (QED) is 0.756. The highest BCUT2D eigenvalue weighted by molar-refractivity contribution is 7.89. The molecule has 2 aromatic carbocycles. The van der Waals surface area contributed by atoms with Crippen LogP contribution in [0.25, 0.3) is 22.4 Å². The van der Waals surface area contributed by atoms with Gasteiger partial charge in [-0.1, -0.05) is 17.3 Å². The molecule has 0 saturated heterocycles. The molecule has 2 N–H and O–H groups in total. The molecule has 0 fully saturated rings. The monoisotopic (exact) mass is 375 g/mol. The first-order valence-corrected chi connectivity index (χ1v) is 8.76. The third kappa shape index (κ3) is 3.08. The lowest BCUT2D eigenvalue weighted by molar-refractivity contribution is 0.400. The van der Waals surface area contributed by atoms with Gasteiger partial charge in [-0.2, -0.15) is 5.26 Å². The number of primary sulfonamides is 1. The van der Waals surface area contributed by atoms with Gasteiger partial charge in [-0.3, -0.25) is 0 Å². The second kappa shape index (κ2) is 6.33. The molecule has 0 atom stereocenters. The Kier molecular flexibility index (Phi) is 4.31. The molecule has 1 aromatic heterocycles. The maximum Gasteiger partial charge on any atom is 0.241 e. The zero-order chi connectivity index (χ0) is 19.1. The van der Waals surface area contributed by atoms with Crippen molar-refractivity contribution < 1.29 is 21.7 Å². The molecular formula is C17H11F2N3O3S. The Morgan fingerprint density at radius 1 is 1.15 bits per heavy atom. The smallest absolute Gasteiger partial charge is 0.241 e. The van der Waals surface area contributed by atoms with Crippen molar-refractivity contribution in [1.29, 1.82) is 5.26 Å². The van der Waals surface area contributed by atoms with E-state index in [0.717, 1.165) is 6.07 Å². The summed E-state index contributed by atoms with van der Waals surface area (Å²) in [7, 11) is -4.41. The Morgan fingerprint density at radius 3 is 2.38 bits per heavy atom. The first kappa shape index (κ1) is 17.7. The van der Waals surface area contributed by atoms with E-state index in [1.807, 2.05) is 6.07 Å². The molecule has 26 heavy (non-hydrogen) atoms. The molecule has 0 spiro atoms. The van der Waals surface area contributed by atoms with Gasteiger partial charge in [0.25, 0.3) is 0 Å². The van der Waals surface area contributed by atoms with E-state index < -0.39 is 26.6 Å². The Hall–Kier alpha value is -3.09. The Bertz CT molecular complexity index is 1150. The topological polar surface area (TPSA) is 110 Å². The van der Waals surface area contributed by atoms with E-state index in [1.54, 1.807) is 24.3 Å². The number of nitrogens with two attached hydrogens (primary N) is 1. The first-order valence-electron chi connectivity index (χ1n) is 7.21. The van der Waals surface area contributed by atoms with Crippen molar-refractivity contribution in [2.45, 2.75) is 11.8 Å². The molecule has 0 saturated carbocycles. The summed E-state index contributed by atoms with van der Waals surface area (Å²) in [4.78, 5) is -0.937. The predicted molar refractivity (Wildman–Crippen MR) is 88.1 cm³/mol. The molecule has 6 nitrogen and oxygen atoms in total. The molecule has 1 heterocycles. The summed E-state index contributed by atoms with van der Waals surface area (Å²) in [5.41, 5.74) is 1.13. The maximum atomic E-state index is 14.5. The minimum atomic E-state index is -4.41. The zero-order valence-corrected chi connectivity index (χ0v) is 14.1. The van der Waals surface area contributed by atoms with E-state index in [2.05, 4.69) is 5.16 Å². The average molecular weight is 375 g/mol. The first-order chi connectivity index (χ1) is 12.2. The second-order valence-corrected chi connectivity index (χ2v) is 6.99. The van der Waals surface area contributed by atoms with Gasteiger partial charge in [0.05, 0.1) is 17.2 Å². The van der Waals surface area contributed by atoms with Crippen LogP contribution in [0.4, 0.5) is 8.78 Å². The van der Waals surface area contributed by atoms with Crippen molar-refractivity contribution >= 4 is 10.0 Å². The summed E-state index contributed by atoms with van der Waals surface area (Å²) in [5.74, 6) is -1.96. The number of hydrogen-bond donors (Lipinski definition) is 1. The van der Waals surface area contributed by atoms with Gasteiger partial charge < -0.3 is 4.52 Å². The highest BCUT2D eigenvalue weighted by atomic mass is 32.2. The van der Waals surface area contributed by atoms with Gasteiger partial charge in [0.1, 0.15) is 28.0 Å². The molecule has 0 radical (unpaired) electrons. The molecular weight excluding hydrogens is 364 g/mol. The fraction of sp³-hybridized carbons (Fsp3) is 0.0588. The molecule has 9 heteroatoms. The summed E-state index contributed by atoms with van der Waals surface area (Å²) >= 11 is 0. The minimum absolute atomic E-state index is 0.173. The number of nitrogens with zero attached hydrogens (tertiary/aromatic N) is 2. The summed E-state index contributed by atoms with van der Waals surface area (Å²) in [6.07, 6.45) is 0. The van der Waals surface area contributed by atoms with Gasteiger partial charge >= 0.3 is 0 Å². The van der Waals surface area contributed by atoms with Crippen LogP contribution in [-0.2, 0) is 10.0 Å². The number of nitriles is 1. The van der Waals surface area contributed by atoms with Crippen LogP contribution in [-0.4, -0.2) is 13.6 Å². The molecule has 3 aromatic rings. The molecule has 0 amide bonds. The van der Waals surface area contributed by atoms with Crippen molar-refractivity contribution in [3.63, 3.8) is 0 Å². The summed E-state index contributed by atoms with van der Waals surface area (Å²) in [5, 5.41) is 17.6.